The molecule has 10 nitrogen and oxygen atoms in total. The summed E-state index contributed by atoms with van der Waals surface area (Å²) in [5.74, 6) is -2.93. The predicted octanol–water partition coefficient (Wildman–Crippen LogP) is 8.20. The van der Waals surface area contributed by atoms with Crippen molar-refractivity contribution in [2.45, 2.75) is 69.4 Å². The quantitative estimate of drug-likeness (QED) is 0.136. The van der Waals surface area contributed by atoms with Crippen LogP contribution in [0.15, 0.2) is 40.9 Å². The first kappa shape index (κ1) is 41.6. The van der Waals surface area contributed by atoms with Crippen LogP contribution in [0.5, 0.6) is 0 Å². The molecule has 0 aliphatic carbocycles. The van der Waals surface area contributed by atoms with Crippen LogP contribution in [0.4, 0.5) is 32.4 Å². The van der Waals surface area contributed by atoms with Crippen molar-refractivity contribution in [2.75, 3.05) is 57.0 Å². The fraction of sp³-hybridized carbons (Fsp3) is 0.500. The molecule has 2 unspecified atom stereocenters. The Hall–Kier alpha value is -3.60. The number of thioether (sulfide) groups is 1. The molecule has 2 fully saturated rings. The highest BCUT2D eigenvalue weighted by atomic mass is 35.5. The van der Waals surface area contributed by atoms with Gasteiger partial charge >= 0.3 is 12.3 Å². The van der Waals surface area contributed by atoms with Crippen molar-refractivity contribution in [1.29, 1.82) is 10.8 Å². The number of fused-ring (bicyclic) bond motifs is 2. The molecule has 0 spiro atoms. The van der Waals surface area contributed by atoms with Crippen LogP contribution in [0.2, 0.25) is 10.0 Å². The maximum absolute atomic E-state index is 15.6. The number of amides is 1. The van der Waals surface area contributed by atoms with E-state index in [4.69, 9.17) is 43.7 Å². The number of hydrogen-bond donors (Lipinski definition) is 2. The van der Waals surface area contributed by atoms with Gasteiger partial charge in [-0.15, -0.1) is 11.8 Å². The lowest BCUT2D eigenvalue weighted by molar-refractivity contribution is -0.0677. The molecule has 2 bridgehead atoms. The zero-order chi connectivity index (χ0) is 40.0. The van der Waals surface area contributed by atoms with E-state index in [-0.39, 0.29) is 65.3 Å². The molecule has 2 N–H and O–H groups in total. The monoisotopic (exact) mass is 816 g/mol. The first-order valence-electron chi connectivity index (χ1n) is 17.2. The minimum Gasteiger partial charge on any atom is -0.444 e. The number of benzene rings is 2. The number of alkyl halides is 3. The SMILES string of the molecule is C=CN(C)c1c2cc(Cl)c(-c3cc(Cl)c(F)cc3F)c1SCC(CN1CCN(C(=N)C(F)(F)F)C(=N)C1)N=C2N1C[C@@H](C)N(C(=O)OC(C)(C)C)CC1C. The van der Waals surface area contributed by atoms with Crippen LogP contribution in [-0.2, 0) is 4.74 Å². The van der Waals surface area contributed by atoms with E-state index in [0.29, 0.717) is 51.8 Å². The van der Waals surface area contributed by atoms with Crippen molar-refractivity contribution >= 4 is 64.3 Å². The predicted molar refractivity (Wildman–Crippen MR) is 205 cm³/mol. The van der Waals surface area contributed by atoms with Gasteiger partial charge in [-0.3, -0.25) is 20.7 Å². The molecule has 2 aromatic rings. The molecule has 294 valence electrons. The third-order valence-corrected chi connectivity index (χ3v) is 11.1. The first-order chi connectivity index (χ1) is 25.1. The summed E-state index contributed by atoms with van der Waals surface area (Å²) >= 11 is 14.5. The number of aliphatic imine (C=N–C) groups is 1. The number of piperazine rings is 2. The molecule has 3 atom stereocenters. The Kier molecular flexibility index (Phi) is 12.2. The van der Waals surface area contributed by atoms with Crippen molar-refractivity contribution in [1.82, 2.24) is 19.6 Å². The van der Waals surface area contributed by atoms with Gasteiger partial charge in [-0.05, 0) is 53.0 Å². The Bertz CT molecular complexity index is 1870. The molecular formula is C36H43Cl2F5N8O2S. The van der Waals surface area contributed by atoms with E-state index < -0.39 is 41.4 Å². The van der Waals surface area contributed by atoms with Gasteiger partial charge in [0.1, 0.15) is 28.9 Å². The number of nitrogens with zero attached hydrogens (tertiary/aromatic N) is 6. The highest BCUT2D eigenvalue weighted by Crippen LogP contribution is 2.48. The average molecular weight is 818 g/mol. The summed E-state index contributed by atoms with van der Waals surface area (Å²) in [7, 11) is 1.77. The largest absolute Gasteiger partial charge is 0.449 e. The maximum atomic E-state index is 15.6. The molecule has 3 heterocycles. The van der Waals surface area contributed by atoms with Gasteiger partial charge in [0.05, 0.1) is 28.3 Å². The summed E-state index contributed by atoms with van der Waals surface area (Å²) < 4.78 is 75.7. The van der Waals surface area contributed by atoms with E-state index >= 15 is 4.39 Å². The molecule has 1 amide bonds. The van der Waals surface area contributed by atoms with Crippen LogP contribution in [0.1, 0.15) is 40.2 Å². The maximum Gasteiger partial charge on any atom is 0.449 e. The van der Waals surface area contributed by atoms with Gasteiger partial charge < -0.3 is 24.3 Å². The number of hydrogen-bond acceptors (Lipinski definition) is 9. The van der Waals surface area contributed by atoms with E-state index in [9.17, 15) is 22.4 Å². The molecule has 18 heteroatoms. The van der Waals surface area contributed by atoms with E-state index in [2.05, 4.69) is 11.5 Å². The highest BCUT2D eigenvalue weighted by Gasteiger charge is 2.42. The van der Waals surface area contributed by atoms with Gasteiger partial charge in [-0.25, -0.2) is 13.6 Å². The number of amidine groups is 3. The van der Waals surface area contributed by atoms with Gasteiger partial charge in [0.25, 0.3) is 0 Å². The minimum atomic E-state index is -4.89. The number of carbonyl (C=O) groups is 1. The molecule has 0 radical (unpaired) electrons. The second-order valence-electron chi connectivity index (χ2n) is 14.6. The number of nitrogens with one attached hydrogen (secondary N) is 2. The van der Waals surface area contributed by atoms with Crippen LogP contribution in [0.25, 0.3) is 11.1 Å². The molecule has 3 aliphatic heterocycles. The van der Waals surface area contributed by atoms with Crippen molar-refractivity contribution in [3.63, 3.8) is 0 Å². The van der Waals surface area contributed by atoms with E-state index in [1.165, 1.54) is 17.8 Å². The summed E-state index contributed by atoms with van der Waals surface area (Å²) in [5, 5.41) is 15.8. The third-order valence-electron chi connectivity index (χ3n) is 9.31. The van der Waals surface area contributed by atoms with Gasteiger partial charge in [0.2, 0.25) is 5.84 Å². The van der Waals surface area contributed by atoms with Gasteiger partial charge in [-0.1, -0.05) is 29.8 Å². The van der Waals surface area contributed by atoms with Crippen LogP contribution < -0.4 is 4.90 Å². The van der Waals surface area contributed by atoms with Crippen molar-refractivity contribution in [3.8, 4) is 11.1 Å². The van der Waals surface area contributed by atoms with Crippen molar-refractivity contribution in [2.24, 2.45) is 4.99 Å². The zero-order valence-corrected chi connectivity index (χ0v) is 33.1. The topological polar surface area (TPSA) is 103 Å². The standard InChI is InChI=1S/C36H43Cl2F5N8O2S/c1-8-47(7)30-23-12-25(38)29(22-11-24(37)27(40)13-26(22)39)31(30)54-18-21(16-48-9-10-49(28(44)17-48)33(45)36(41,42)43)46-32(23)50-14-20(3)51(15-19(50)2)34(52)53-35(4,5)6/h8,11-13,19-21,44-45H,1,9-10,14-18H2,2-7H3/t19?,20-,21?/m1/s1. The Morgan fingerprint density at radius 2 is 1.74 bits per heavy atom. The molecule has 0 aromatic heterocycles. The molecule has 2 saturated heterocycles. The van der Waals surface area contributed by atoms with Crippen LogP contribution >= 0.6 is 35.0 Å². The number of anilines is 1. The Morgan fingerprint density at radius 3 is 2.35 bits per heavy atom. The van der Waals surface area contributed by atoms with E-state index in [1.54, 1.807) is 49.9 Å². The Labute approximate surface area is 325 Å². The minimum absolute atomic E-state index is 0.0144. The number of ether oxygens (including phenoxy) is 1. The molecular weight excluding hydrogens is 774 g/mol. The molecule has 5 rings (SSSR count). The fourth-order valence-electron chi connectivity index (χ4n) is 6.72. The van der Waals surface area contributed by atoms with Crippen LogP contribution in [-0.4, -0.2) is 125 Å². The van der Waals surface area contributed by atoms with Gasteiger partial charge in [0, 0.05) is 85.3 Å². The zero-order valence-electron chi connectivity index (χ0n) is 30.8. The smallest absolute Gasteiger partial charge is 0.444 e. The van der Waals surface area contributed by atoms with E-state index in [0.717, 1.165) is 0 Å². The lowest BCUT2D eigenvalue weighted by atomic mass is 9.98. The molecule has 2 aromatic carbocycles. The number of carbonyl (C=O) groups excluding carboxylic acids is 1. The summed E-state index contributed by atoms with van der Waals surface area (Å²) in [6, 6.07) is 2.45. The molecule has 3 aliphatic rings. The Morgan fingerprint density at radius 1 is 1.07 bits per heavy atom. The second kappa shape index (κ2) is 15.9. The van der Waals surface area contributed by atoms with Gasteiger partial charge in [0.15, 0.2) is 0 Å². The fourth-order valence-corrected chi connectivity index (χ4v) is 8.54. The summed E-state index contributed by atoms with van der Waals surface area (Å²) in [6.45, 7) is 13.9. The third kappa shape index (κ3) is 8.76. The normalized spacial score (nSPS) is 21.4. The molecule has 54 heavy (non-hydrogen) atoms. The van der Waals surface area contributed by atoms with Gasteiger partial charge in [-0.2, -0.15) is 13.2 Å². The first-order valence-corrected chi connectivity index (χ1v) is 18.9. The van der Waals surface area contributed by atoms with Crippen molar-refractivity contribution in [3.05, 3.63) is 58.2 Å². The van der Waals surface area contributed by atoms with Crippen LogP contribution in [0, 0.1) is 22.5 Å². The van der Waals surface area contributed by atoms with Crippen molar-refractivity contribution < 1.29 is 31.5 Å². The van der Waals surface area contributed by atoms with Crippen LogP contribution in [0.3, 0.4) is 0 Å². The molecule has 0 saturated carbocycles. The lowest BCUT2D eigenvalue weighted by Crippen LogP contribution is -2.60. The average Bonchev–Trinajstić information content (AvgIpc) is 3.06. The summed E-state index contributed by atoms with van der Waals surface area (Å²) in [6.07, 6.45) is -3.75. The Balaban J connectivity index is 1.62. The lowest BCUT2D eigenvalue weighted by Gasteiger charge is -2.46. The summed E-state index contributed by atoms with van der Waals surface area (Å²) in [4.78, 5) is 27.1. The number of halogens is 7. The highest BCUT2D eigenvalue weighted by molar-refractivity contribution is 7.99. The summed E-state index contributed by atoms with van der Waals surface area (Å²) in [5.41, 5.74) is 0.744. The van der Waals surface area contributed by atoms with E-state index in [1.807, 2.05) is 18.7 Å². The number of rotatable bonds is 5. The second-order valence-corrected chi connectivity index (χ2v) is 16.4.